The second-order valence-corrected chi connectivity index (χ2v) is 5.70. The molecule has 0 spiro atoms. The van der Waals surface area contributed by atoms with Crippen LogP contribution >= 0.6 is 11.6 Å². The normalized spacial score (nSPS) is 12.7. The molecule has 83 valence electrons. The van der Waals surface area contributed by atoms with Crippen molar-refractivity contribution in [2.45, 2.75) is 9.79 Å². The molecule has 1 radical (unpaired) electrons. The van der Waals surface area contributed by atoms with E-state index in [2.05, 4.69) is 0 Å². The van der Waals surface area contributed by atoms with Gasteiger partial charge in [-0.15, -0.1) is 0 Å². The van der Waals surface area contributed by atoms with Crippen molar-refractivity contribution in [2.75, 3.05) is 0 Å². The fourth-order valence-corrected chi connectivity index (χ4v) is 2.24. The van der Waals surface area contributed by atoms with E-state index in [1.807, 2.05) is 6.07 Å². The van der Waals surface area contributed by atoms with Crippen LogP contribution in [0.2, 0.25) is 5.02 Å². The molecular formula is C6H4ClO6S2. The average molecular weight is 272 g/mol. The van der Waals surface area contributed by atoms with Crippen molar-refractivity contribution in [3.05, 3.63) is 23.2 Å². The zero-order valence-electron chi connectivity index (χ0n) is 6.88. The molecule has 2 N–H and O–H groups in total. The van der Waals surface area contributed by atoms with Crippen LogP contribution < -0.4 is 0 Å². The minimum Gasteiger partial charge on any atom is -0.282 e. The van der Waals surface area contributed by atoms with E-state index in [0.29, 0.717) is 6.07 Å². The molecule has 1 aromatic rings. The Morgan fingerprint density at radius 2 is 1.60 bits per heavy atom. The Kier molecular flexibility index (Phi) is 3.08. The number of hydrogen-bond acceptors (Lipinski definition) is 4. The molecule has 0 heterocycles. The summed E-state index contributed by atoms with van der Waals surface area (Å²) in [7, 11) is -9.21. The molecule has 0 amide bonds. The second-order valence-electron chi connectivity index (χ2n) is 2.48. The van der Waals surface area contributed by atoms with Gasteiger partial charge in [0.1, 0.15) is 4.90 Å². The van der Waals surface area contributed by atoms with Crippen LogP contribution in [-0.4, -0.2) is 25.9 Å². The standard InChI is InChI=1S/C6H4ClO6S2/c7-4-1-5(14(8,9)10)3-6(2-4)15(11,12)13/h1,3H,(H,8,9,10)(H,11,12,13). The van der Waals surface area contributed by atoms with Crippen molar-refractivity contribution >= 4 is 31.8 Å². The van der Waals surface area contributed by atoms with E-state index in [0.717, 1.165) is 6.07 Å². The highest BCUT2D eigenvalue weighted by Gasteiger charge is 2.17. The van der Waals surface area contributed by atoms with Gasteiger partial charge < -0.3 is 0 Å². The molecule has 0 saturated heterocycles. The van der Waals surface area contributed by atoms with E-state index in [4.69, 9.17) is 20.7 Å². The van der Waals surface area contributed by atoms with Gasteiger partial charge in [-0.25, -0.2) is 0 Å². The highest BCUT2D eigenvalue weighted by atomic mass is 35.5. The maximum atomic E-state index is 10.7. The minimum absolute atomic E-state index is 0.363. The zero-order chi connectivity index (χ0) is 11.9. The molecule has 0 bridgehead atoms. The Balaban J connectivity index is 3.57. The quantitative estimate of drug-likeness (QED) is 0.764. The lowest BCUT2D eigenvalue weighted by atomic mass is 10.4. The molecule has 6 nitrogen and oxygen atoms in total. The van der Waals surface area contributed by atoms with Gasteiger partial charge >= 0.3 is 0 Å². The third-order valence-corrected chi connectivity index (χ3v) is 3.17. The van der Waals surface area contributed by atoms with Crippen LogP contribution in [0.3, 0.4) is 0 Å². The molecule has 0 fully saturated rings. The van der Waals surface area contributed by atoms with Crippen LogP contribution in [0.25, 0.3) is 0 Å². The van der Waals surface area contributed by atoms with E-state index in [1.165, 1.54) is 0 Å². The maximum Gasteiger partial charge on any atom is 0.295 e. The van der Waals surface area contributed by atoms with Crippen LogP contribution in [0.5, 0.6) is 0 Å². The largest absolute Gasteiger partial charge is 0.295 e. The highest BCUT2D eigenvalue weighted by molar-refractivity contribution is 7.86. The zero-order valence-corrected chi connectivity index (χ0v) is 9.27. The van der Waals surface area contributed by atoms with E-state index in [9.17, 15) is 16.8 Å². The molecule has 0 aliphatic rings. The summed E-state index contributed by atoms with van der Waals surface area (Å²) in [6.07, 6.45) is 0. The van der Waals surface area contributed by atoms with E-state index in [-0.39, 0.29) is 5.02 Å². The third-order valence-electron chi connectivity index (χ3n) is 1.36. The molecule has 0 unspecified atom stereocenters. The molecule has 0 atom stereocenters. The van der Waals surface area contributed by atoms with Crippen molar-refractivity contribution in [3.8, 4) is 0 Å². The summed E-state index contributed by atoms with van der Waals surface area (Å²) in [6.45, 7) is 0. The van der Waals surface area contributed by atoms with Crippen molar-refractivity contribution in [1.82, 2.24) is 0 Å². The summed E-state index contributed by atoms with van der Waals surface area (Å²) < 4.78 is 59.9. The van der Waals surface area contributed by atoms with E-state index < -0.39 is 30.0 Å². The van der Waals surface area contributed by atoms with Gasteiger partial charge in [0.25, 0.3) is 20.2 Å². The second kappa shape index (κ2) is 3.72. The lowest BCUT2D eigenvalue weighted by Gasteiger charge is -2.01. The molecule has 1 aromatic carbocycles. The minimum atomic E-state index is -4.62. The van der Waals surface area contributed by atoms with Gasteiger partial charge in [0.05, 0.1) is 9.92 Å². The molecule has 15 heavy (non-hydrogen) atoms. The van der Waals surface area contributed by atoms with Crippen LogP contribution in [-0.2, 0) is 20.2 Å². The van der Waals surface area contributed by atoms with Gasteiger partial charge in [-0.2, -0.15) is 16.8 Å². The lowest BCUT2D eigenvalue weighted by Crippen LogP contribution is -2.03. The van der Waals surface area contributed by atoms with Crippen LogP contribution in [0.15, 0.2) is 21.9 Å². The molecule has 0 aliphatic carbocycles. The van der Waals surface area contributed by atoms with E-state index >= 15 is 0 Å². The van der Waals surface area contributed by atoms with Crippen molar-refractivity contribution in [3.63, 3.8) is 0 Å². The van der Waals surface area contributed by atoms with Crippen LogP contribution in [0, 0.1) is 6.07 Å². The van der Waals surface area contributed by atoms with Gasteiger partial charge in [0, 0.05) is 6.07 Å². The first-order valence-electron chi connectivity index (χ1n) is 3.28. The molecular weight excluding hydrogens is 268 g/mol. The SMILES string of the molecule is O=S(=O)(O)c1[c]c(Cl)cc(S(=O)(=O)O)c1. The summed E-state index contributed by atoms with van der Waals surface area (Å²) in [5, 5.41) is -0.363. The molecule has 9 heteroatoms. The Bertz CT molecular complexity index is 538. The highest BCUT2D eigenvalue weighted by Crippen LogP contribution is 2.21. The van der Waals surface area contributed by atoms with Gasteiger partial charge in [-0.05, 0) is 12.1 Å². The topological polar surface area (TPSA) is 109 Å². The summed E-state index contributed by atoms with van der Waals surface area (Å²) in [5.41, 5.74) is 0. The number of benzene rings is 1. The molecule has 1 rings (SSSR count). The smallest absolute Gasteiger partial charge is 0.282 e. The van der Waals surface area contributed by atoms with Crippen LogP contribution in [0.4, 0.5) is 0 Å². The summed E-state index contributed by atoms with van der Waals surface area (Å²) in [4.78, 5) is -1.57. The molecule has 0 aromatic heterocycles. The molecule has 0 aliphatic heterocycles. The monoisotopic (exact) mass is 271 g/mol. The van der Waals surface area contributed by atoms with Gasteiger partial charge in [0.2, 0.25) is 0 Å². The molecule has 0 saturated carbocycles. The fourth-order valence-electron chi connectivity index (χ4n) is 0.774. The van der Waals surface area contributed by atoms with Crippen molar-refractivity contribution in [2.24, 2.45) is 0 Å². The van der Waals surface area contributed by atoms with Crippen LogP contribution in [0.1, 0.15) is 0 Å². The van der Waals surface area contributed by atoms with Crippen molar-refractivity contribution in [1.29, 1.82) is 0 Å². The number of halogens is 1. The third kappa shape index (κ3) is 3.14. The summed E-state index contributed by atoms with van der Waals surface area (Å²) >= 11 is 5.36. The Morgan fingerprint density at radius 1 is 1.07 bits per heavy atom. The summed E-state index contributed by atoms with van der Waals surface area (Å²) in [5.74, 6) is 0. The predicted molar refractivity (Wildman–Crippen MR) is 49.9 cm³/mol. The first-order valence-corrected chi connectivity index (χ1v) is 6.54. The van der Waals surface area contributed by atoms with Gasteiger partial charge in [0.15, 0.2) is 0 Å². The van der Waals surface area contributed by atoms with Gasteiger partial charge in [-0.1, -0.05) is 11.6 Å². The lowest BCUT2D eigenvalue weighted by molar-refractivity contribution is 0.481. The summed E-state index contributed by atoms with van der Waals surface area (Å²) in [6, 6.07) is 3.35. The average Bonchev–Trinajstić information content (AvgIpc) is 1.99. The first kappa shape index (κ1) is 12.4. The fraction of sp³-hybridized carbons (Fsp3) is 0. The number of hydrogen-bond donors (Lipinski definition) is 2. The number of rotatable bonds is 2. The Morgan fingerprint density at radius 3 is 2.00 bits per heavy atom. The first-order chi connectivity index (χ1) is 6.60. The maximum absolute atomic E-state index is 10.7. The Labute approximate surface area is 91.0 Å². The predicted octanol–water partition coefficient (Wildman–Crippen LogP) is 0.634. The van der Waals surface area contributed by atoms with Crippen molar-refractivity contribution < 1.29 is 25.9 Å². The van der Waals surface area contributed by atoms with E-state index in [1.54, 1.807) is 0 Å². The van der Waals surface area contributed by atoms with Gasteiger partial charge in [-0.3, -0.25) is 9.11 Å². The Hall–Kier alpha value is -0.670.